The van der Waals surface area contributed by atoms with Crippen LogP contribution >= 0.6 is 0 Å². The van der Waals surface area contributed by atoms with Crippen LogP contribution in [0, 0.1) is 0 Å². The second-order valence-electron chi connectivity index (χ2n) is 6.82. The third-order valence-corrected chi connectivity index (χ3v) is 5.66. The molecule has 0 spiro atoms. The fraction of sp³-hybridized carbons (Fsp3) is 1.00. The predicted molar refractivity (Wildman–Crippen MR) is 78.0 cm³/mol. The Morgan fingerprint density at radius 1 is 1.14 bits per heavy atom. The summed E-state index contributed by atoms with van der Waals surface area (Å²) < 4.78 is 59.4. The molecule has 0 aromatic rings. The average molecular weight is 329 g/mol. The van der Waals surface area contributed by atoms with Gasteiger partial charge < -0.3 is 0 Å². The highest BCUT2D eigenvalue weighted by Gasteiger charge is 2.33. The summed E-state index contributed by atoms with van der Waals surface area (Å²) in [6.07, 6.45) is -2.32. The van der Waals surface area contributed by atoms with E-state index in [2.05, 4.69) is 25.7 Å². The van der Waals surface area contributed by atoms with Gasteiger partial charge in [-0.1, -0.05) is 0 Å². The molecule has 1 rings (SSSR count). The monoisotopic (exact) mass is 329 g/mol. The SMILES string of the molecule is CC(C)(C)N1CCC[C@H]1CCCS(=O)(=O)CCC(F)(F)F. The van der Waals surface area contributed by atoms with Gasteiger partial charge in [-0.25, -0.2) is 8.42 Å². The van der Waals surface area contributed by atoms with E-state index in [0.29, 0.717) is 12.5 Å². The summed E-state index contributed by atoms with van der Waals surface area (Å²) in [4.78, 5) is 2.37. The van der Waals surface area contributed by atoms with Gasteiger partial charge in [-0.05, 0) is 53.0 Å². The zero-order valence-corrected chi connectivity index (χ0v) is 13.9. The number of rotatable bonds is 6. The van der Waals surface area contributed by atoms with Crippen molar-refractivity contribution >= 4 is 9.84 Å². The smallest absolute Gasteiger partial charge is 0.296 e. The van der Waals surface area contributed by atoms with Crippen molar-refractivity contribution in [2.24, 2.45) is 0 Å². The number of sulfone groups is 1. The molecule has 0 aromatic heterocycles. The van der Waals surface area contributed by atoms with Crippen molar-refractivity contribution in [2.45, 2.75) is 70.6 Å². The van der Waals surface area contributed by atoms with E-state index >= 15 is 0 Å². The molecule has 1 atom stereocenters. The topological polar surface area (TPSA) is 37.4 Å². The van der Waals surface area contributed by atoms with Crippen molar-refractivity contribution < 1.29 is 21.6 Å². The maximum Gasteiger partial charge on any atom is 0.390 e. The van der Waals surface area contributed by atoms with Crippen LogP contribution in [-0.4, -0.2) is 49.1 Å². The summed E-state index contributed by atoms with van der Waals surface area (Å²) in [6.45, 7) is 7.40. The van der Waals surface area contributed by atoms with Crippen LogP contribution in [0.4, 0.5) is 13.2 Å². The zero-order chi connectivity index (χ0) is 16.3. The largest absolute Gasteiger partial charge is 0.390 e. The quantitative estimate of drug-likeness (QED) is 0.749. The summed E-state index contributed by atoms with van der Waals surface area (Å²) >= 11 is 0. The fourth-order valence-corrected chi connectivity index (χ4v) is 4.28. The molecule has 1 aliphatic rings. The Morgan fingerprint density at radius 2 is 1.76 bits per heavy atom. The minimum absolute atomic E-state index is 0.0519. The Balaban J connectivity index is 2.39. The molecule has 0 radical (unpaired) electrons. The lowest BCUT2D eigenvalue weighted by atomic mass is 10.0. The summed E-state index contributed by atoms with van der Waals surface area (Å²) in [5.41, 5.74) is 0.0519. The van der Waals surface area contributed by atoms with E-state index in [9.17, 15) is 21.6 Å². The number of halogens is 3. The van der Waals surface area contributed by atoms with Gasteiger partial charge in [0.2, 0.25) is 0 Å². The van der Waals surface area contributed by atoms with Crippen LogP contribution in [0.15, 0.2) is 0 Å². The number of hydrogen-bond acceptors (Lipinski definition) is 3. The van der Waals surface area contributed by atoms with Crippen LogP contribution in [0.3, 0.4) is 0 Å². The molecule has 0 N–H and O–H groups in total. The van der Waals surface area contributed by atoms with Crippen molar-refractivity contribution in [1.29, 1.82) is 0 Å². The van der Waals surface area contributed by atoms with Gasteiger partial charge in [0.15, 0.2) is 9.84 Å². The van der Waals surface area contributed by atoms with Crippen LogP contribution in [0.1, 0.15) is 52.9 Å². The Kier molecular flexibility index (Phi) is 6.12. The minimum Gasteiger partial charge on any atom is -0.296 e. The molecule has 0 unspecified atom stereocenters. The molecular formula is C14H26F3NO2S. The van der Waals surface area contributed by atoms with Crippen LogP contribution < -0.4 is 0 Å². The maximum atomic E-state index is 12.1. The summed E-state index contributed by atoms with van der Waals surface area (Å²) in [6, 6.07) is 0.350. The molecule has 0 saturated carbocycles. The molecule has 3 nitrogen and oxygen atoms in total. The van der Waals surface area contributed by atoms with Gasteiger partial charge in [0, 0.05) is 11.6 Å². The van der Waals surface area contributed by atoms with Gasteiger partial charge in [-0.2, -0.15) is 13.2 Å². The molecule has 1 aliphatic heterocycles. The molecule has 0 aliphatic carbocycles. The number of alkyl halides is 3. The lowest BCUT2D eigenvalue weighted by molar-refractivity contribution is -0.129. The van der Waals surface area contributed by atoms with Gasteiger partial charge in [0.25, 0.3) is 0 Å². The van der Waals surface area contributed by atoms with Crippen molar-refractivity contribution in [3.63, 3.8) is 0 Å². The zero-order valence-electron chi connectivity index (χ0n) is 13.0. The summed E-state index contributed by atoms with van der Waals surface area (Å²) in [7, 11) is -3.60. The maximum absolute atomic E-state index is 12.1. The number of nitrogens with zero attached hydrogens (tertiary/aromatic N) is 1. The van der Waals surface area contributed by atoms with Gasteiger partial charge in [-0.3, -0.25) is 4.90 Å². The van der Waals surface area contributed by atoms with Crippen LogP contribution in [-0.2, 0) is 9.84 Å². The first-order chi connectivity index (χ1) is 9.41. The second-order valence-corrected chi connectivity index (χ2v) is 9.12. The lowest BCUT2D eigenvalue weighted by Crippen LogP contribution is -2.44. The normalized spacial score (nSPS) is 21.9. The van der Waals surface area contributed by atoms with E-state index in [-0.39, 0.29) is 11.3 Å². The van der Waals surface area contributed by atoms with Crippen LogP contribution in [0.25, 0.3) is 0 Å². The average Bonchev–Trinajstić information content (AvgIpc) is 2.73. The molecule has 0 bridgehead atoms. The molecule has 21 heavy (non-hydrogen) atoms. The van der Waals surface area contributed by atoms with E-state index < -0.39 is 28.2 Å². The molecule has 0 amide bonds. The molecular weight excluding hydrogens is 303 g/mol. The molecule has 7 heteroatoms. The van der Waals surface area contributed by atoms with E-state index in [0.717, 1.165) is 25.8 Å². The standard InChI is InChI=1S/C14H26F3NO2S/c1-13(2,3)18-9-4-6-12(18)7-5-10-21(19,20)11-8-14(15,16)17/h12H,4-11H2,1-3H3/t12-/m0/s1. The molecule has 0 aromatic carbocycles. The predicted octanol–water partition coefficient (Wildman–Crippen LogP) is 3.40. The summed E-state index contributed by atoms with van der Waals surface area (Å²) in [5, 5.41) is 0. The van der Waals surface area contributed by atoms with E-state index in [1.54, 1.807) is 0 Å². The molecule has 126 valence electrons. The Labute approximate surface area is 125 Å². The Morgan fingerprint density at radius 3 is 2.29 bits per heavy atom. The van der Waals surface area contributed by atoms with E-state index in [4.69, 9.17) is 0 Å². The highest BCUT2D eigenvalue weighted by atomic mass is 32.2. The van der Waals surface area contributed by atoms with Crippen molar-refractivity contribution in [1.82, 2.24) is 4.90 Å². The highest BCUT2D eigenvalue weighted by molar-refractivity contribution is 7.91. The van der Waals surface area contributed by atoms with Crippen LogP contribution in [0.5, 0.6) is 0 Å². The van der Waals surface area contributed by atoms with E-state index in [1.165, 1.54) is 0 Å². The summed E-state index contributed by atoms with van der Waals surface area (Å²) in [5.74, 6) is -0.929. The van der Waals surface area contributed by atoms with Crippen molar-refractivity contribution in [3.05, 3.63) is 0 Å². The second kappa shape index (κ2) is 6.86. The highest BCUT2D eigenvalue weighted by Crippen LogP contribution is 2.29. The van der Waals surface area contributed by atoms with Gasteiger partial charge in [-0.15, -0.1) is 0 Å². The van der Waals surface area contributed by atoms with Gasteiger partial charge in [0.1, 0.15) is 0 Å². The first-order valence-electron chi connectivity index (χ1n) is 7.45. The van der Waals surface area contributed by atoms with Crippen molar-refractivity contribution in [3.8, 4) is 0 Å². The fourth-order valence-electron chi connectivity index (χ4n) is 2.93. The first-order valence-corrected chi connectivity index (χ1v) is 9.27. The van der Waals surface area contributed by atoms with Crippen LogP contribution in [0.2, 0.25) is 0 Å². The lowest BCUT2D eigenvalue weighted by Gasteiger charge is -2.37. The van der Waals surface area contributed by atoms with Gasteiger partial charge in [0.05, 0.1) is 17.9 Å². The number of hydrogen-bond donors (Lipinski definition) is 0. The first kappa shape index (κ1) is 18.7. The third-order valence-electron chi connectivity index (χ3n) is 3.93. The molecule has 1 saturated heterocycles. The van der Waals surface area contributed by atoms with E-state index in [1.807, 2.05) is 0 Å². The number of likely N-dealkylation sites (tertiary alicyclic amines) is 1. The van der Waals surface area contributed by atoms with Crippen molar-refractivity contribution in [2.75, 3.05) is 18.1 Å². The Hall–Kier alpha value is -0.300. The molecule has 1 heterocycles. The minimum atomic E-state index is -4.40. The van der Waals surface area contributed by atoms with Gasteiger partial charge >= 0.3 is 6.18 Å². The third kappa shape index (κ3) is 7.00. The Bertz CT molecular complexity index is 426. The molecule has 1 fully saturated rings.